The second-order valence-corrected chi connectivity index (χ2v) is 16.6. The molecule has 0 heterocycles. The lowest BCUT2D eigenvalue weighted by Crippen LogP contribution is -2.55. The lowest BCUT2D eigenvalue weighted by Gasteiger charge is -2.34. The standard InChI is InChI=1S/C50H87NO7/c1-6-8-10-12-14-16-18-20-22-23-24-25-26-27-29-31-33-35-37-39-41-49(53)58-46(44-56-43-42-47(50(54)55)51(3,4)5)45-57-48(52)40-38-36-34-32-30-28-21-19-17-15-13-11-9-7-2/h8-11,14-17,20,22,46-47H,6-7,12-13,18-19,21,23-45H2,1-5H3/b10-8+,11-9+,16-14+,17-15+,22-20+. The van der Waals surface area contributed by atoms with Crippen LogP contribution in [0.25, 0.3) is 0 Å². The first kappa shape index (κ1) is 55.0. The molecule has 0 rings (SSSR count). The zero-order valence-corrected chi connectivity index (χ0v) is 37.9. The van der Waals surface area contributed by atoms with E-state index in [-0.39, 0.29) is 42.7 Å². The van der Waals surface area contributed by atoms with Gasteiger partial charge in [0, 0.05) is 19.3 Å². The van der Waals surface area contributed by atoms with Crippen LogP contribution in [0.15, 0.2) is 60.8 Å². The highest BCUT2D eigenvalue weighted by Gasteiger charge is 2.25. The van der Waals surface area contributed by atoms with Gasteiger partial charge in [0.2, 0.25) is 0 Å². The van der Waals surface area contributed by atoms with Gasteiger partial charge in [0.1, 0.15) is 12.6 Å². The number of likely N-dealkylation sites (N-methyl/N-ethyl adjacent to an activating group) is 1. The molecule has 0 aliphatic carbocycles. The molecule has 0 saturated carbocycles. The van der Waals surface area contributed by atoms with E-state index in [9.17, 15) is 19.5 Å². The molecule has 0 fully saturated rings. The first-order valence-corrected chi connectivity index (χ1v) is 23.3. The van der Waals surface area contributed by atoms with Crippen LogP contribution in [-0.4, -0.2) is 75.5 Å². The van der Waals surface area contributed by atoms with Crippen LogP contribution in [0.5, 0.6) is 0 Å². The Balaban J connectivity index is 4.30. The number of aliphatic carboxylic acids is 1. The fourth-order valence-corrected chi connectivity index (χ4v) is 6.59. The summed E-state index contributed by atoms with van der Waals surface area (Å²) in [7, 11) is 5.40. The van der Waals surface area contributed by atoms with Crippen molar-refractivity contribution < 1.29 is 38.2 Å². The number of hydrogen-bond acceptors (Lipinski definition) is 7. The fourth-order valence-electron chi connectivity index (χ4n) is 6.59. The summed E-state index contributed by atoms with van der Waals surface area (Å²) in [6.07, 6.45) is 49.6. The number of ether oxygens (including phenoxy) is 3. The molecule has 2 atom stereocenters. The van der Waals surface area contributed by atoms with Crippen molar-refractivity contribution in [2.24, 2.45) is 0 Å². The van der Waals surface area contributed by atoms with Gasteiger partial charge in [-0.15, -0.1) is 0 Å². The average Bonchev–Trinajstić information content (AvgIpc) is 3.18. The van der Waals surface area contributed by atoms with Crippen LogP contribution in [0, 0.1) is 0 Å². The van der Waals surface area contributed by atoms with Crippen molar-refractivity contribution in [3.05, 3.63) is 60.8 Å². The van der Waals surface area contributed by atoms with Crippen molar-refractivity contribution in [3.63, 3.8) is 0 Å². The molecule has 0 aliphatic heterocycles. The number of carbonyl (C=O) groups excluding carboxylic acids is 3. The number of carboxylic acids is 1. The monoisotopic (exact) mass is 814 g/mol. The summed E-state index contributed by atoms with van der Waals surface area (Å²) in [6, 6.07) is -0.729. The van der Waals surface area contributed by atoms with E-state index in [1.807, 2.05) is 0 Å². The maximum atomic E-state index is 12.7. The van der Waals surface area contributed by atoms with Gasteiger partial charge in [-0.2, -0.15) is 0 Å². The predicted molar refractivity (Wildman–Crippen MR) is 240 cm³/mol. The number of hydrogen-bond donors (Lipinski definition) is 0. The maximum Gasteiger partial charge on any atom is 0.306 e. The van der Waals surface area contributed by atoms with Gasteiger partial charge in [-0.3, -0.25) is 9.59 Å². The van der Waals surface area contributed by atoms with Gasteiger partial charge in [0.15, 0.2) is 6.10 Å². The van der Waals surface area contributed by atoms with Gasteiger partial charge in [0.05, 0.1) is 40.3 Å². The molecule has 0 bridgehead atoms. The fraction of sp³-hybridized carbons (Fsp3) is 0.740. The number of nitrogens with zero attached hydrogens (tertiary/aromatic N) is 1. The second kappa shape index (κ2) is 40.8. The van der Waals surface area contributed by atoms with Crippen LogP contribution in [0.2, 0.25) is 0 Å². The zero-order chi connectivity index (χ0) is 42.8. The second-order valence-electron chi connectivity index (χ2n) is 16.6. The van der Waals surface area contributed by atoms with E-state index in [1.54, 1.807) is 21.1 Å². The van der Waals surface area contributed by atoms with Crippen LogP contribution < -0.4 is 5.11 Å². The highest BCUT2D eigenvalue weighted by Crippen LogP contribution is 2.15. The van der Waals surface area contributed by atoms with Crippen molar-refractivity contribution in [3.8, 4) is 0 Å². The molecule has 0 N–H and O–H groups in total. The molecule has 0 aromatic rings. The summed E-state index contributed by atoms with van der Waals surface area (Å²) < 4.78 is 17.2. The Labute approximate surface area is 356 Å². The van der Waals surface area contributed by atoms with Crippen molar-refractivity contribution in [2.75, 3.05) is 41.0 Å². The molecule has 0 aliphatic rings. The minimum atomic E-state index is -1.13. The number of quaternary nitrogens is 1. The third-order valence-electron chi connectivity index (χ3n) is 10.1. The van der Waals surface area contributed by atoms with Gasteiger partial charge in [0.25, 0.3) is 0 Å². The number of unbranched alkanes of at least 4 members (excludes halogenated alkanes) is 17. The molecule has 334 valence electrons. The lowest BCUT2D eigenvalue weighted by molar-refractivity contribution is -0.889. The highest BCUT2D eigenvalue weighted by molar-refractivity contribution is 5.70. The quantitative estimate of drug-likeness (QED) is 0.0262. The number of esters is 2. The van der Waals surface area contributed by atoms with Gasteiger partial charge in [-0.25, -0.2) is 0 Å². The summed E-state index contributed by atoms with van der Waals surface area (Å²) in [4.78, 5) is 36.9. The molecule has 0 amide bonds. The summed E-state index contributed by atoms with van der Waals surface area (Å²) in [6.45, 7) is 4.44. The van der Waals surface area contributed by atoms with Crippen molar-refractivity contribution in [1.29, 1.82) is 0 Å². The number of allylic oxidation sites excluding steroid dienone is 10. The average molecular weight is 814 g/mol. The Hall–Kier alpha value is -2.97. The molecule has 8 nitrogen and oxygen atoms in total. The zero-order valence-electron chi connectivity index (χ0n) is 37.9. The van der Waals surface area contributed by atoms with E-state index in [0.29, 0.717) is 12.8 Å². The summed E-state index contributed by atoms with van der Waals surface area (Å²) in [5.41, 5.74) is 0. The summed E-state index contributed by atoms with van der Waals surface area (Å²) in [5, 5.41) is 11.6. The molecule has 0 radical (unpaired) electrons. The van der Waals surface area contributed by atoms with E-state index < -0.39 is 18.1 Å². The van der Waals surface area contributed by atoms with Crippen LogP contribution in [0.4, 0.5) is 0 Å². The summed E-state index contributed by atoms with van der Waals surface area (Å²) >= 11 is 0. The first-order valence-electron chi connectivity index (χ1n) is 23.3. The van der Waals surface area contributed by atoms with Gasteiger partial charge >= 0.3 is 11.9 Å². The van der Waals surface area contributed by atoms with Crippen molar-refractivity contribution in [1.82, 2.24) is 0 Å². The molecular formula is C50H87NO7. The molecule has 0 aromatic heterocycles. The van der Waals surface area contributed by atoms with Crippen LogP contribution in [0.1, 0.15) is 187 Å². The minimum Gasteiger partial charge on any atom is -0.544 e. The first-order chi connectivity index (χ1) is 28.1. The van der Waals surface area contributed by atoms with Gasteiger partial charge < -0.3 is 28.6 Å². The van der Waals surface area contributed by atoms with E-state index in [2.05, 4.69) is 74.6 Å². The van der Waals surface area contributed by atoms with Crippen molar-refractivity contribution in [2.45, 2.75) is 199 Å². The summed E-state index contributed by atoms with van der Waals surface area (Å²) in [5.74, 6) is -1.75. The van der Waals surface area contributed by atoms with E-state index >= 15 is 0 Å². The molecule has 0 aromatic carbocycles. The molecule has 0 saturated heterocycles. The Morgan fingerprint density at radius 2 is 0.914 bits per heavy atom. The highest BCUT2D eigenvalue weighted by atomic mass is 16.6. The molecular weight excluding hydrogens is 727 g/mol. The van der Waals surface area contributed by atoms with Gasteiger partial charge in [-0.05, 0) is 70.6 Å². The predicted octanol–water partition coefficient (Wildman–Crippen LogP) is 11.6. The lowest BCUT2D eigenvalue weighted by atomic mass is 10.0. The number of rotatable bonds is 41. The van der Waals surface area contributed by atoms with E-state index in [1.165, 1.54) is 77.0 Å². The molecule has 0 spiro atoms. The maximum absolute atomic E-state index is 12.7. The van der Waals surface area contributed by atoms with Crippen molar-refractivity contribution >= 4 is 17.9 Å². The van der Waals surface area contributed by atoms with E-state index in [4.69, 9.17) is 14.2 Å². The Morgan fingerprint density at radius 3 is 1.34 bits per heavy atom. The minimum absolute atomic E-state index is 0.0351. The molecule has 2 unspecified atom stereocenters. The van der Waals surface area contributed by atoms with Gasteiger partial charge in [-0.1, -0.05) is 158 Å². The molecule has 8 heteroatoms. The third kappa shape index (κ3) is 38.5. The van der Waals surface area contributed by atoms with Crippen LogP contribution in [-0.2, 0) is 28.6 Å². The normalized spacial score (nSPS) is 13.5. The Morgan fingerprint density at radius 1 is 0.517 bits per heavy atom. The smallest absolute Gasteiger partial charge is 0.306 e. The Bertz CT molecular complexity index is 1130. The van der Waals surface area contributed by atoms with Crippen LogP contribution >= 0.6 is 0 Å². The third-order valence-corrected chi connectivity index (χ3v) is 10.1. The largest absolute Gasteiger partial charge is 0.544 e. The van der Waals surface area contributed by atoms with E-state index in [0.717, 1.165) is 77.0 Å². The SMILES string of the molecule is CC/C=C/C/C=C/C/C=C/CCCCCCCCCCCCC(=O)OC(COCCC(C(=O)[O-])[N+](C)(C)C)COC(=O)CCCCCCCCC/C=C/C/C=C/CC. The number of carbonyl (C=O) groups is 3. The Kier molecular flexibility index (Phi) is 38.7. The number of carboxylic acid groups (broad SMARTS) is 1. The molecule has 58 heavy (non-hydrogen) atoms. The van der Waals surface area contributed by atoms with Crippen LogP contribution in [0.3, 0.4) is 0 Å². The topological polar surface area (TPSA) is 102 Å².